The van der Waals surface area contributed by atoms with Crippen LogP contribution in [0.15, 0.2) is 12.2 Å². The van der Waals surface area contributed by atoms with Crippen molar-refractivity contribution in [1.82, 2.24) is 0 Å². The third-order valence-corrected chi connectivity index (χ3v) is 6.70. The molecule has 0 unspecified atom stereocenters. The van der Waals surface area contributed by atoms with Crippen LogP contribution in [-0.2, 0) is 4.74 Å². The van der Waals surface area contributed by atoms with E-state index >= 15 is 0 Å². The van der Waals surface area contributed by atoms with Gasteiger partial charge in [0.15, 0.2) is 0 Å². The van der Waals surface area contributed by atoms with Gasteiger partial charge in [0.05, 0.1) is 12.7 Å². The average Bonchev–Trinajstić information content (AvgIpc) is 2.66. The highest BCUT2D eigenvalue weighted by atomic mass is 16.5. The molecule has 0 bridgehead atoms. The predicted octanol–water partition coefficient (Wildman–Crippen LogP) is 7.69. The maximum Gasteiger partial charge on any atom is 0.0651 e. The normalized spacial score (nSPS) is 30.8. The van der Waals surface area contributed by atoms with Crippen LogP contribution in [0, 0.1) is 17.8 Å². The van der Waals surface area contributed by atoms with Crippen molar-refractivity contribution in [3.63, 3.8) is 0 Å². The van der Waals surface area contributed by atoms with Crippen molar-refractivity contribution >= 4 is 0 Å². The van der Waals surface area contributed by atoms with Crippen LogP contribution >= 0.6 is 0 Å². The molecular weight excluding hydrogens is 304 g/mol. The summed E-state index contributed by atoms with van der Waals surface area (Å²) >= 11 is 0. The molecule has 0 radical (unpaired) electrons. The molecule has 0 N–H and O–H groups in total. The molecule has 0 heterocycles. The minimum Gasteiger partial charge on any atom is -0.374 e. The Morgan fingerprint density at radius 2 is 1.32 bits per heavy atom. The first-order chi connectivity index (χ1) is 12.3. The van der Waals surface area contributed by atoms with Gasteiger partial charge in [0.1, 0.15) is 0 Å². The summed E-state index contributed by atoms with van der Waals surface area (Å²) in [5.41, 5.74) is 0. The Morgan fingerprint density at radius 3 is 1.96 bits per heavy atom. The molecule has 2 aliphatic rings. The van der Waals surface area contributed by atoms with Gasteiger partial charge in [-0.3, -0.25) is 0 Å². The summed E-state index contributed by atoms with van der Waals surface area (Å²) in [6, 6.07) is 0. The number of unbranched alkanes of at least 4 members (excludes halogenated alkanes) is 3. The molecule has 0 aromatic rings. The van der Waals surface area contributed by atoms with Gasteiger partial charge in [-0.25, -0.2) is 0 Å². The second kappa shape index (κ2) is 13.0. The topological polar surface area (TPSA) is 9.23 Å². The lowest BCUT2D eigenvalue weighted by Crippen LogP contribution is -2.21. The smallest absolute Gasteiger partial charge is 0.0651 e. The van der Waals surface area contributed by atoms with E-state index in [1.54, 1.807) is 0 Å². The highest BCUT2D eigenvalue weighted by molar-refractivity contribution is 4.91. The van der Waals surface area contributed by atoms with Gasteiger partial charge in [-0.05, 0) is 69.1 Å². The summed E-state index contributed by atoms with van der Waals surface area (Å²) in [6.07, 6.45) is 26.4. The van der Waals surface area contributed by atoms with E-state index in [-0.39, 0.29) is 0 Å². The van der Waals surface area contributed by atoms with E-state index in [9.17, 15) is 0 Å². The maximum atomic E-state index is 6.14. The maximum absolute atomic E-state index is 6.14. The lowest BCUT2D eigenvalue weighted by atomic mass is 9.80. The van der Waals surface area contributed by atoms with Crippen LogP contribution in [0.1, 0.15) is 110 Å². The predicted molar refractivity (Wildman–Crippen MR) is 110 cm³/mol. The van der Waals surface area contributed by atoms with Gasteiger partial charge in [0, 0.05) is 0 Å². The number of allylic oxidation sites excluding steroid dienone is 1. The van der Waals surface area contributed by atoms with E-state index in [0.717, 1.165) is 24.4 Å². The van der Waals surface area contributed by atoms with Gasteiger partial charge in [0.2, 0.25) is 0 Å². The molecule has 0 amide bonds. The second-order valence-corrected chi connectivity index (χ2v) is 8.82. The van der Waals surface area contributed by atoms with Gasteiger partial charge in [-0.15, -0.1) is 0 Å². The van der Waals surface area contributed by atoms with Crippen molar-refractivity contribution < 1.29 is 4.74 Å². The average molecular weight is 349 g/mol. The largest absolute Gasteiger partial charge is 0.374 e. The van der Waals surface area contributed by atoms with Crippen LogP contribution in [0.4, 0.5) is 0 Å². The van der Waals surface area contributed by atoms with E-state index < -0.39 is 0 Å². The van der Waals surface area contributed by atoms with Crippen molar-refractivity contribution in [3.8, 4) is 0 Å². The Labute approximate surface area is 158 Å². The minimum absolute atomic E-state index is 0.539. The molecule has 0 atom stereocenters. The highest BCUT2D eigenvalue weighted by Gasteiger charge is 2.21. The second-order valence-electron chi connectivity index (χ2n) is 8.82. The molecule has 0 aromatic heterocycles. The Hall–Kier alpha value is -0.300. The standard InChI is InChI=1S/C24H44O/c1-3-5-7-10-22-16-18-24(19-17-22)25-20-8-11-23-14-12-21(13-15-23)9-6-4-2/h8,11,21-24H,3-7,9-10,12-20H2,1-2H3/b11-8+. The fraction of sp³-hybridized carbons (Fsp3) is 0.917. The molecule has 2 rings (SSSR count). The third kappa shape index (κ3) is 8.76. The Bertz CT molecular complexity index is 332. The van der Waals surface area contributed by atoms with Crippen LogP contribution in [0.2, 0.25) is 0 Å². The first-order valence-electron chi connectivity index (χ1n) is 11.6. The number of ether oxygens (including phenoxy) is 1. The van der Waals surface area contributed by atoms with E-state index in [1.807, 2.05) is 0 Å². The SMILES string of the molecule is CCCCCC1CCC(OC/C=C/C2CCC(CCCC)CC2)CC1. The zero-order chi connectivity index (χ0) is 17.7. The molecule has 146 valence electrons. The third-order valence-electron chi connectivity index (χ3n) is 6.70. The van der Waals surface area contributed by atoms with E-state index in [2.05, 4.69) is 26.0 Å². The lowest BCUT2D eigenvalue weighted by molar-refractivity contribution is 0.0331. The zero-order valence-corrected chi connectivity index (χ0v) is 17.2. The fourth-order valence-corrected chi connectivity index (χ4v) is 4.87. The fourth-order valence-electron chi connectivity index (χ4n) is 4.87. The van der Waals surface area contributed by atoms with E-state index in [0.29, 0.717) is 6.10 Å². The molecule has 0 saturated heterocycles. The van der Waals surface area contributed by atoms with Gasteiger partial charge in [-0.2, -0.15) is 0 Å². The Balaban J connectivity index is 1.50. The monoisotopic (exact) mass is 348 g/mol. The number of rotatable bonds is 11. The van der Waals surface area contributed by atoms with Crippen LogP contribution in [0.3, 0.4) is 0 Å². The van der Waals surface area contributed by atoms with Gasteiger partial charge >= 0.3 is 0 Å². The molecule has 1 heteroatoms. The molecule has 0 spiro atoms. The molecule has 2 saturated carbocycles. The van der Waals surface area contributed by atoms with Crippen LogP contribution in [0.5, 0.6) is 0 Å². The quantitative estimate of drug-likeness (QED) is 0.274. The van der Waals surface area contributed by atoms with Crippen LogP contribution < -0.4 is 0 Å². The van der Waals surface area contributed by atoms with Gasteiger partial charge in [0.25, 0.3) is 0 Å². The molecule has 1 nitrogen and oxygen atoms in total. The summed E-state index contributed by atoms with van der Waals surface area (Å²) in [5.74, 6) is 2.84. The molecule has 0 aliphatic heterocycles. The van der Waals surface area contributed by atoms with Crippen LogP contribution in [-0.4, -0.2) is 12.7 Å². The first-order valence-corrected chi connectivity index (χ1v) is 11.6. The highest BCUT2D eigenvalue weighted by Crippen LogP contribution is 2.33. The summed E-state index contributed by atoms with van der Waals surface area (Å²) < 4.78 is 6.14. The first kappa shape index (κ1) is 21.0. The Kier molecular flexibility index (Phi) is 10.9. The van der Waals surface area contributed by atoms with Crippen molar-refractivity contribution in [2.45, 2.75) is 116 Å². The summed E-state index contributed by atoms with van der Waals surface area (Å²) in [7, 11) is 0. The van der Waals surface area contributed by atoms with Gasteiger partial charge in [-0.1, -0.05) is 70.9 Å². The molecule has 2 aliphatic carbocycles. The van der Waals surface area contributed by atoms with Crippen molar-refractivity contribution in [2.75, 3.05) is 6.61 Å². The molecular formula is C24H44O. The van der Waals surface area contributed by atoms with E-state index in [4.69, 9.17) is 4.74 Å². The van der Waals surface area contributed by atoms with Gasteiger partial charge < -0.3 is 4.74 Å². The van der Waals surface area contributed by atoms with Crippen molar-refractivity contribution in [2.24, 2.45) is 17.8 Å². The number of hydrogen-bond donors (Lipinski definition) is 0. The lowest BCUT2D eigenvalue weighted by Gasteiger charge is -2.28. The summed E-state index contributed by atoms with van der Waals surface area (Å²) in [4.78, 5) is 0. The Morgan fingerprint density at radius 1 is 0.720 bits per heavy atom. The molecule has 25 heavy (non-hydrogen) atoms. The van der Waals surface area contributed by atoms with Crippen LogP contribution in [0.25, 0.3) is 0 Å². The van der Waals surface area contributed by atoms with Crippen molar-refractivity contribution in [3.05, 3.63) is 12.2 Å². The summed E-state index contributed by atoms with van der Waals surface area (Å²) in [6.45, 7) is 5.46. The van der Waals surface area contributed by atoms with Crippen molar-refractivity contribution in [1.29, 1.82) is 0 Å². The molecule has 0 aromatic carbocycles. The van der Waals surface area contributed by atoms with E-state index in [1.165, 1.54) is 96.3 Å². The summed E-state index contributed by atoms with van der Waals surface area (Å²) in [5, 5.41) is 0. The number of hydrogen-bond acceptors (Lipinski definition) is 1. The molecule has 2 fully saturated rings. The minimum atomic E-state index is 0.539. The zero-order valence-electron chi connectivity index (χ0n) is 17.2.